The molecule has 1 N–H and O–H groups in total. The molecule has 3 heteroatoms. The summed E-state index contributed by atoms with van der Waals surface area (Å²) in [6.45, 7) is 6.30. The van der Waals surface area contributed by atoms with Crippen LogP contribution in [0, 0.1) is 0 Å². The lowest BCUT2D eigenvalue weighted by Gasteiger charge is -2.17. The minimum atomic E-state index is 0.937. The minimum absolute atomic E-state index is 0.937. The zero-order valence-electron chi connectivity index (χ0n) is 9.95. The van der Waals surface area contributed by atoms with E-state index < -0.39 is 0 Å². The summed E-state index contributed by atoms with van der Waals surface area (Å²) in [5.74, 6) is 1.05. The van der Waals surface area contributed by atoms with Crippen molar-refractivity contribution in [3.63, 3.8) is 0 Å². The van der Waals surface area contributed by atoms with Crippen molar-refractivity contribution in [3.05, 3.63) is 18.3 Å². The molecule has 1 rings (SSSR count). The van der Waals surface area contributed by atoms with Gasteiger partial charge in [0.25, 0.3) is 0 Å². The van der Waals surface area contributed by atoms with Crippen molar-refractivity contribution in [2.24, 2.45) is 0 Å². The van der Waals surface area contributed by atoms with Gasteiger partial charge in [0, 0.05) is 20.1 Å². The molecule has 0 unspecified atom stereocenters. The van der Waals surface area contributed by atoms with Crippen LogP contribution in [0.25, 0.3) is 0 Å². The number of unbranched alkanes of at least 4 members (excludes halogenated alkanes) is 1. The Labute approximate surface area is 92.5 Å². The Morgan fingerprint density at radius 1 is 1.33 bits per heavy atom. The van der Waals surface area contributed by atoms with Crippen LogP contribution in [0.3, 0.4) is 0 Å². The number of rotatable bonds is 6. The lowest BCUT2D eigenvalue weighted by Crippen LogP contribution is -2.19. The summed E-state index contributed by atoms with van der Waals surface area (Å²) in [6, 6.07) is 4.14. The first kappa shape index (κ1) is 11.8. The minimum Gasteiger partial charge on any atom is -0.384 e. The molecule has 1 heterocycles. The van der Waals surface area contributed by atoms with Crippen LogP contribution in [-0.4, -0.2) is 25.1 Å². The van der Waals surface area contributed by atoms with Gasteiger partial charge in [-0.15, -0.1) is 0 Å². The molecule has 0 aliphatic carbocycles. The van der Waals surface area contributed by atoms with Gasteiger partial charge in [0.2, 0.25) is 0 Å². The molecule has 0 saturated heterocycles. The molecule has 3 nitrogen and oxygen atoms in total. The standard InChI is InChI=1S/C12H21N3/c1-4-6-9-15(3)12-8-7-11(10-14-12)13-5-2/h7-8,10,13H,4-6,9H2,1-3H3. The zero-order chi connectivity index (χ0) is 11.1. The third kappa shape index (κ3) is 3.78. The maximum atomic E-state index is 4.41. The van der Waals surface area contributed by atoms with Gasteiger partial charge in [-0.1, -0.05) is 13.3 Å². The van der Waals surface area contributed by atoms with Crippen molar-refractivity contribution in [2.75, 3.05) is 30.4 Å². The molecule has 1 aromatic rings. The number of aromatic nitrogens is 1. The van der Waals surface area contributed by atoms with Gasteiger partial charge in [0.15, 0.2) is 0 Å². The lowest BCUT2D eigenvalue weighted by molar-refractivity contribution is 0.759. The molecule has 0 spiro atoms. The quantitative estimate of drug-likeness (QED) is 0.777. The average molecular weight is 207 g/mol. The van der Waals surface area contributed by atoms with E-state index in [0.29, 0.717) is 0 Å². The van der Waals surface area contributed by atoms with Crippen molar-refractivity contribution in [3.8, 4) is 0 Å². The second kappa shape index (κ2) is 6.27. The molecule has 0 saturated carbocycles. The maximum Gasteiger partial charge on any atom is 0.128 e. The Morgan fingerprint density at radius 3 is 2.67 bits per heavy atom. The smallest absolute Gasteiger partial charge is 0.128 e. The molecule has 84 valence electrons. The first-order valence-electron chi connectivity index (χ1n) is 5.69. The van der Waals surface area contributed by atoms with E-state index in [1.54, 1.807) is 0 Å². The van der Waals surface area contributed by atoms with E-state index in [1.807, 2.05) is 6.20 Å². The molecule has 0 radical (unpaired) electrons. The number of hydrogen-bond acceptors (Lipinski definition) is 3. The molecule has 0 amide bonds. The van der Waals surface area contributed by atoms with Gasteiger partial charge < -0.3 is 10.2 Å². The van der Waals surface area contributed by atoms with E-state index in [0.717, 1.165) is 24.6 Å². The summed E-state index contributed by atoms with van der Waals surface area (Å²) >= 11 is 0. The summed E-state index contributed by atoms with van der Waals surface area (Å²) in [5, 5.41) is 3.24. The predicted molar refractivity (Wildman–Crippen MR) is 66.6 cm³/mol. The normalized spacial score (nSPS) is 10.1. The highest BCUT2D eigenvalue weighted by Gasteiger charge is 2.00. The third-order valence-electron chi connectivity index (χ3n) is 2.37. The van der Waals surface area contributed by atoms with Crippen LogP contribution >= 0.6 is 0 Å². The van der Waals surface area contributed by atoms with Crippen molar-refractivity contribution < 1.29 is 0 Å². The van der Waals surface area contributed by atoms with E-state index in [4.69, 9.17) is 0 Å². The van der Waals surface area contributed by atoms with Gasteiger partial charge in [0.1, 0.15) is 5.82 Å². The van der Waals surface area contributed by atoms with Crippen molar-refractivity contribution in [1.82, 2.24) is 4.98 Å². The van der Waals surface area contributed by atoms with Crippen LogP contribution in [-0.2, 0) is 0 Å². The molecule has 0 atom stereocenters. The largest absolute Gasteiger partial charge is 0.384 e. The van der Waals surface area contributed by atoms with Gasteiger partial charge in [0.05, 0.1) is 11.9 Å². The van der Waals surface area contributed by atoms with E-state index in [1.165, 1.54) is 12.8 Å². The number of anilines is 2. The number of nitrogens with zero attached hydrogens (tertiary/aromatic N) is 2. The molecule has 0 bridgehead atoms. The van der Waals surface area contributed by atoms with Crippen LogP contribution in [0.2, 0.25) is 0 Å². The van der Waals surface area contributed by atoms with Gasteiger partial charge in [-0.05, 0) is 25.5 Å². The van der Waals surface area contributed by atoms with Gasteiger partial charge in [-0.2, -0.15) is 0 Å². The Bertz CT molecular complexity index is 269. The first-order valence-corrected chi connectivity index (χ1v) is 5.69. The number of pyridine rings is 1. The van der Waals surface area contributed by atoms with Crippen LogP contribution in [0.1, 0.15) is 26.7 Å². The van der Waals surface area contributed by atoms with Crippen LogP contribution < -0.4 is 10.2 Å². The fourth-order valence-electron chi connectivity index (χ4n) is 1.43. The maximum absolute atomic E-state index is 4.41. The molecule has 1 aromatic heterocycles. The highest BCUT2D eigenvalue weighted by molar-refractivity contribution is 5.48. The lowest BCUT2D eigenvalue weighted by atomic mass is 10.3. The summed E-state index contributed by atoms with van der Waals surface area (Å²) in [7, 11) is 2.09. The molecule has 0 aromatic carbocycles. The summed E-state index contributed by atoms with van der Waals surface area (Å²) in [6.07, 6.45) is 4.33. The molecular weight excluding hydrogens is 186 g/mol. The van der Waals surface area contributed by atoms with Crippen molar-refractivity contribution in [1.29, 1.82) is 0 Å². The van der Waals surface area contributed by atoms with E-state index in [-0.39, 0.29) is 0 Å². The highest BCUT2D eigenvalue weighted by Crippen LogP contribution is 2.13. The topological polar surface area (TPSA) is 28.2 Å². The molecular formula is C12H21N3. The van der Waals surface area contributed by atoms with Crippen LogP contribution in [0.15, 0.2) is 18.3 Å². The first-order chi connectivity index (χ1) is 7.27. The summed E-state index contributed by atoms with van der Waals surface area (Å²) in [5.41, 5.74) is 1.09. The van der Waals surface area contributed by atoms with Crippen LogP contribution in [0.5, 0.6) is 0 Å². The monoisotopic (exact) mass is 207 g/mol. The van der Waals surface area contributed by atoms with E-state index in [9.17, 15) is 0 Å². The van der Waals surface area contributed by atoms with E-state index >= 15 is 0 Å². The van der Waals surface area contributed by atoms with Crippen molar-refractivity contribution in [2.45, 2.75) is 26.7 Å². The van der Waals surface area contributed by atoms with E-state index in [2.05, 4.69) is 48.2 Å². The third-order valence-corrected chi connectivity index (χ3v) is 2.37. The predicted octanol–water partition coefficient (Wildman–Crippen LogP) is 2.75. The second-order valence-corrected chi connectivity index (χ2v) is 3.71. The summed E-state index contributed by atoms with van der Waals surface area (Å²) < 4.78 is 0. The molecule has 0 aliphatic rings. The fraction of sp³-hybridized carbons (Fsp3) is 0.583. The Kier molecular flexibility index (Phi) is 4.95. The Balaban J connectivity index is 2.54. The van der Waals surface area contributed by atoms with Gasteiger partial charge in [-0.3, -0.25) is 0 Å². The fourth-order valence-corrected chi connectivity index (χ4v) is 1.43. The van der Waals surface area contributed by atoms with Gasteiger partial charge in [-0.25, -0.2) is 4.98 Å². The van der Waals surface area contributed by atoms with Gasteiger partial charge >= 0.3 is 0 Å². The molecule has 0 aliphatic heterocycles. The number of hydrogen-bond donors (Lipinski definition) is 1. The Morgan fingerprint density at radius 2 is 2.13 bits per heavy atom. The van der Waals surface area contributed by atoms with Crippen molar-refractivity contribution >= 4 is 11.5 Å². The number of nitrogens with one attached hydrogen (secondary N) is 1. The average Bonchev–Trinajstić information content (AvgIpc) is 2.27. The highest BCUT2D eigenvalue weighted by atomic mass is 15.2. The molecule has 15 heavy (non-hydrogen) atoms. The summed E-state index contributed by atoms with van der Waals surface area (Å²) in [4.78, 5) is 6.61. The Hall–Kier alpha value is -1.25. The zero-order valence-corrected chi connectivity index (χ0v) is 9.95. The SMILES string of the molecule is CCCCN(C)c1ccc(NCC)cn1. The molecule has 0 fully saturated rings. The second-order valence-electron chi connectivity index (χ2n) is 3.71. The van der Waals surface area contributed by atoms with Crippen LogP contribution in [0.4, 0.5) is 11.5 Å².